The van der Waals surface area contributed by atoms with Gasteiger partial charge in [0.05, 0.1) is 13.3 Å². The molecule has 0 aliphatic carbocycles. The Kier molecular flexibility index (Phi) is 5.91. The van der Waals surface area contributed by atoms with Crippen molar-refractivity contribution < 1.29 is 23.8 Å². The smallest absolute Gasteiger partial charge is 0.428 e. The van der Waals surface area contributed by atoms with Crippen LogP contribution >= 0.6 is 0 Å². The zero-order valence-corrected chi connectivity index (χ0v) is 13.3. The van der Waals surface area contributed by atoms with Crippen molar-refractivity contribution in [1.82, 2.24) is 5.43 Å². The van der Waals surface area contributed by atoms with Crippen LogP contribution in [0.15, 0.2) is 23.3 Å². The molecule has 1 aromatic carbocycles. The fourth-order valence-electron chi connectivity index (χ4n) is 1.46. The predicted molar refractivity (Wildman–Crippen MR) is 81.3 cm³/mol. The van der Waals surface area contributed by atoms with Crippen LogP contribution in [-0.2, 0) is 9.53 Å². The zero-order valence-electron chi connectivity index (χ0n) is 13.3. The van der Waals surface area contributed by atoms with E-state index in [-0.39, 0.29) is 0 Å². The van der Waals surface area contributed by atoms with Gasteiger partial charge < -0.3 is 14.2 Å². The molecular formula is C15H20N2O5. The number of hydrogen-bond acceptors (Lipinski definition) is 6. The van der Waals surface area contributed by atoms with Gasteiger partial charge in [-0.2, -0.15) is 5.10 Å². The fraction of sp³-hybridized carbons (Fsp3) is 0.400. The number of ether oxygens (including phenoxy) is 3. The average Bonchev–Trinajstić information content (AvgIpc) is 2.37. The van der Waals surface area contributed by atoms with Gasteiger partial charge in [0.1, 0.15) is 5.60 Å². The highest BCUT2D eigenvalue weighted by Crippen LogP contribution is 2.27. The lowest BCUT2D eigenvalue weighted by Crippen LogP contribution is -2.29. The van der Waals surface area contributed by atoms with Gasteiger partial charge in [-0.05, 0) is 44.5 Å². The van der Waals surface area contributed by atoms with E-state index < -0.39 is 17.7 Å². The highest BCUT2D eigenvalue weighted by molar-refractivity contribution is 5.82. The van der Waals surface area contributed by atoms with Crippen molar-refractivity contribution in [2.45, 2.75) is 33.3 Å². The SMILES string of the molecule is COc1cc(/C=N/NC(=O)OC(C)(C)C)ccc1OC(C)=O. The summed E-state index contributed by atoms with van der Waals surface area (Å²) in [6.45, 7) is 6.58. The highest BCUT2D eigenvalue weighted by atomic mass is 16.6. The number of hydrogen-bond donors (Lipinski definition) is 1. The molecule has 1 rings (SSSR count). The summed E-state index contributed by atoms with van der Waals surface area (Å²) >= 11 is 0. The van der Waals surface area contributed by atoms with E-state index in [0.717, 1.165) is 0 Å². The van der Waals surface area contributed by atoms with Gasteiger partial charge in [-0.1, -0.05) is 0 Å². The van der Waals surface area contributed by atoms with E-state index in [1.165, 1.54) is 20.2 Å². The van der Waals surface area contributed by atoms with E-state index in [2.05, 4.69) is 10.5 Å². The van der Waals surface area contributed by atoms with Crippen molar-refractivity contribution in [3.05, 3.63) is 23.8 Å². The summed E-state index contributed by atoms with van der Waals surface area (Å²) in [5.41, 5.74) is 2.32. The molecule has 0 aliphatic rings. The molecule has 0 fully saturated rings. The van der Waals surface area contributed by atoms with E-state index >= 15 is 0 Å². The molecule has 0 aliphatic heterocycles. The summed E-state index contributed by atoms with van der Waals surface area (Å²) in [6, 6.07) is 4.87. The maximum absolute atomic E-state index is 11.4. The van der Waals surface area contributed by atoms with Crippen LogP contribution in [-0.4, -0.2) is 31.0 Å². The lowest BCUT2D eigenvalue weighted by molar-refractivity contribution is -0.132. The summed E-state index contributed by atoms with van der Waals surface area (Å²) in [5.74, 6) is 0.259. The van der Waals surface area contributed by atoms with Gasteiger partial charge in [0.2, 0.25) is 0 Å². The normalized spacial score (nSPS) is 11.1. The van der Waals surface area contributed by atoms with Gasteiger partial charge in [-0.3, -0.25) is 4.79 Å². The van der Waals surface area contributed by atoms with Gasteiger partial charge in [-0.25, -0.2) is 10.2 Å². The first-order chi connectivity index (χ1) is 10.2. The number of nitrogens with zero attached hydrogens (tertiary/aromatic N) is 1. The number of hydrazone groups is 1. The molecule has 1 aromatic rings. The molecule has 0 saturated heterocycles. The largest absolute Gasteiger partial charge is 0.493 e. The Bertz CT molecular complexity index is 576. The molecule has 120 valence electrons. The minimum Gasteiger partial charge on any atom is -0.493 e. The van der Waals surface area contributed by atoms with E-state index in [4.69, 9.17) is 14.2 Å². The Hall–Kier alpha value is -2.57. The third-order valence-electron chi connectivity index (χ3n) is 2.21. The number of benzene rings is 1. The molecule has 1 N–H and O–H groups in total. The Labute approximate surface area is 129 Å². The molecule has 1 amide bonds. The van der Waals surface area contributed by atoms with Gasteiger partial charge >= 0.3 is 12.1 Å². The maximum atomic E-state index is 11.4. The van der Waals surface area contributed by atoms with Crippen LogP contribution in [0.25, 0.3) is 0 Å². The first kappa shape index (κ1) is 17.5. The molecule has 7 heteroatoms. The van der Waals surface area contributed by atoms with Crippen molar-refractivity contribution in [3.8, 4) is 11.5 Å². The van der Waals surface area contributed by atoms with Crippen LogP contribution in [0.3, 0.4) is 0 Å². The number of amides is 1. The van der Waals surface area contributed by atoms with Crippen LogP contribution in [0.4, 0.5) is 4.79 Å². The van der Waals surface area contributed by atoms with Gasteiger partial charge in [-0.15, -0.1) is 0 Å². The molecule has 0 bridgehead atoms. The Balaban J connectivity index is 2.72. The number of rotatable bonds is 4. The van der Waals surface area contributed by atoms with Crippen molar-refractivity contribution in [2.24, 2.45) is 5.10 Å². The number of nitrogens with one attached hydrogen (secondary N) is 1. The van der Waals surface area contributed by atoms with Crippen LogP contribution in [0.2, 0.25) is 0 Å². The Morgan fingerprint density at radius 1 is 1.23 bits per heavy atom. The van der Waals surface area contributed by atoms with Crippen LogP contribution in [0.1, 0.15) is 33.3 Å². The minimum atomic E-state index is -0.646. The predicted octanol–water partition coefficient (Wildman–Crippen LogP) is 2.48. The summed E-state index contributed by atoms with van der Waals surface area (Å²) in [7, 11) is 1.46. The zero-order chi connectivity index (χ0) is 16.8. The fourth-order valence-corrected chi connectivity index (χ4v) is 1.46. The first-order valence-corrected chi connectivity index (χ1v) is 6.60. The van der Waals surface area contributed by atoms with Crippen LogP contribution in [0.5, 0.6) is 11.5 Å². The van der Waals surface area contributed by atoms with Gasteiger partial charge in [0.25, 0.3) is 0 Å². The molecule has 0 atom stereocenters. The number of carbonyl (C=O) groups excluding carboxylic acids is 2. The summed E-state index contributed by atoms with van der Waals surface area (Å²) in [5, 5.41) is 3.78. The van der Waals surface area contributed by atoms with Crippen molar-refractivity contribution in [1.29, 1.82) is 0 Å². The maximum Gasteiger partial charge on any atom is 0.428 e. The molecule has 0 radical (unpaired) electrons. The molecular weight excluding hydrogens is 288 g/mol. The summed E-state index contributed by atoms with van der Waals surface area (Å²) in [4.78, 5) is 22.4. The number of carbonyl (C=O) groups is 2. The lowest BCUT2D eigenvalue weighted by Gasteiger charge is -2.18. The highest BCUT2D eigenvalue weighted by Gasteiger charge is 2.15. The van der Waals surface area contributed by atoms with Crippen LogP contribution < -0.4 is 14.9 Å². The quantitative estimate of drug-likeness (QED) is 0.400. The van der Waals surface area contributed by atoms with E-state index in [1.807, 2.05) is 0 Å². The van der Waals surface area contributed by atoms with Crippen molar-refractivity contribution in [2.75, 3.05) is 7.11 Å². The molecule has 0 saturated carbocycles. The summed E-state index contributed by atoms with van der Waals surface area (Å²) < 4.78 is 15.2. The Morgan fingerprint density at radius 2 is 1.91 bits per heavy atom. The molecule has 7 nitrogen and oxygen atoms in total. The molecule has 0 aromatic heterocycles. The van der Waals surface area contributed by atoms with Gasteiger partial charge in [0.15, 0.2) is 11.5 Å². The average molecular weight is 308 g/mol. The third kappa shape index (κ3) is 6.25. The van der Waals surface area contributed by atoms with E-state index in [1.54, 1.807) is 39.0 Å². The lowest BCUT2D eigenvalue weighted by atomic mass is 10.2. The van der Waals surface area contributed by atoms with Crippen LogP contribution in [0, 0.1) is 0 Å². The second kappa shape index (κ2) is 7.44. The molecule has 0 spiro atoms. The second-order valence-electron chi connectivity index (χ2n) is 5.38. The Morgan fingerprint density at radius 3 is 2.45 bits per heavy atom. The topological polar surface area (TPSA) is 86.2 Å². The summed E-state index contributed by atoms with van der Waals surface area (Å²) in [6.07, 6.45) is 0.775. The molecule has 22 heavy (non-hydrogen) atoms. The van der Waals surface area contributed by atoms with Crippen molar-refractivity contribution >= 4 is 18.3 Å². The second-order valence-corrected chi connectivity index (χ2v) is 5.38. The monoisotopic (exact) mass is 308 g/mol. The number of methoxy groups -OCH3 is 1. The number of esters is 1. The standard InChI is InChI=1S/C15H20N2O5/c1-10(18)21-12-7-6-11(8-13(12)20-5)9-16-17-14(19)22-15(2,3)4/h6-9H,1-5H3,(H,17,19)/b16-9+. The minimum absolute atomic E-state index is 0.312. The third-order valence-corrected chi connectivity index (χ3v) is 2.21. The van der Waals surface area contributed by atoms with E-state index in [0.29, 0.717) is 17.1 Å². The molecule has 0 unspecified atom stereocenters. The van der Waals surface area contributed by atoms with Crippen molar-refractivity contribution in [3.63, 3.8) is 0 Å². The first-order valence-electron chi connectivity index (χ1n) is 6.60. The van der Waals surface area contributed by atoms with Gasteiger partial charge in [0, 0.05) is 6.92 Å². The molecule has 0 heterocycles. The van der Waals surface area contributed by atoms with E-state index in [9.17, 15) is 9.59 Å².